The van der Waals surface area contributed by atoms with E-state index in [2.05, 4.69) is 20.8 Å². The molecule has 2 N–H and O–H groups in total. The first kappa shape index (κ1) is 9.47. The van der Waals surface area contributed by atoms with Crippen molar-refractivity contribution in [2.75, 3.05) is 7.05 Å². The lowest BCUT2D eigenvalue weighted by Gasteiger charge is -2.45. The van der Waals surface area contributed by atoms with Crippen LogP contribution < -0.4 is 5.84 Å². The predicted molar refractivity (Wildman–Crippen MR) is 55.0 cm³/mol. The molecule has 3 atom stereocenters. The lowest BCUT2D eigenvalue weighted by atomic mass is 9.68. The third-order valence-electron chi connectivity index (χ3n) is 4.60. The van der Waals surface area contributed by atoms with E-state index in [-0.39, 0.29) is 0 Å². The summed E-state index contributed by atoms with van der Waals surface area (Å²) in [6.07, 6.45) is 4.16. The summed E-state index contributed by atoms with van der Waals surface area (Å²) in [6, 6.07) is 0.568. The van der Waals surface area contributed by atoms with Gasteiger partial charge in [0.2, 0.25) is 0 Å². The number of rotatable bonds is 1. The Morgan fingerprint density at radius 1 is 1.31 bits per heavy atom. The Hall–Kier alpha value is -0.0800. The molecule has 0 spiro atoms. The van der Waals surface area contributed by atoms with E-state index in [1.807, 2.05) is 12.1 Å². The predicted octanol–water partition coefficient (Wildman–Crippen LogP) is 2.01. The second kappa shape index (κ2) is 2.48. The third-order valence-corrected chi connectivity index (χ3v) is 4.60. The fraction of sp³-hybridized carbons (Fsp3) is 1.00. The van der Waals surface area contributed by atoms with Crippen LogP contribution in [0.15, 0.2) is 0 Å². The van der Waals surface area contributed by atoms with Gasteiger partial charge in [0.05, 0.1) is 0 Å². The van der Waals surface area contributed by atoms with Gasteiger partial charge in [-0.25, -0.2) is 5.01 Å². The van der Waals surface area contributed by atoms with Crippen LogP contribution >= 0.6 is 0 Å². The minimum absolute atomic E-state index is 0.413. The first-order valence-electron chi connectivity index (χ1n) is 5.35. The van der Waals surface area contributed by atoms with E-state index in [1.165, 1.54) is 19.3 Å². The largest absolute Gasteiger partial charge is 0.269 e. The molecule has 2 fully saturated rings. The van der Waals surface area contributed by atoms with Gasteiger partial charge >= 0.3 is 0 Å². The summed E-state index contributed by atoms with van der Waals surface area (Å²) < 4.78 is 0. The number of nitrogens with two attached hydrogens (primary N) is 1. The molecule has 0 saturated heterocycles. The van der Waals surface area contributed by atoms with E-state index in [0.717, 1.165) is 5.92 Å². The normalized spacial score (nSPS) is 47.5. The van der Waals surface area contributed by atoms with Crippen molar-refractivity contribution in [2.45, 2.75) is 46.1 Å². The van der Waals surface area contributed by atoms with Crippen molar-refractivity contribution in [3.05, 3.63) is 0 Å². The molecule has 0 amide bonds. The van der Waals surface area contributed by atoms with Crippen LogP contribution in [0.5, 0.6) is 0 Å². The van der Waals surface area contributed by atoms with Gasteiger partial charge in [-0.2, -0.15) is 0 Å². The van der Waals surface area contributed by atoms with E-state index in [4.69, 9.17) is 5.84 Å². The molecule has 2 saturated carbocycles. The lowest BCUT2D eigenvalue weighted by molar-refractivity contribution is 0.0193. The summed E-state index contributed by atoms with van der Waals surface area (Å²) in [5.41, 5.74) is 0.897. The zero-order chi connectivity index (χ0) is 9.85. The molecule has 0 radical (unpaired) electrons. The van der Waals surface area contributed by atoms with Gasteiger partial charge in [-0.05, 0) is 36.0 Å². The van der Waals surface area contributed by atoms with Crippen LogP contribution in [0.4, 0.5) is 0 Å². The average Bonchev–Trinajstić information content (AvgIpc) is 2.36. The summed E-state index contributed by atoms with van der Waals surface area (Å²) in [5.74, 6) is 6.88. The second-order valence-corrected chi connectivity index (χ2v) is 5.98. The zero-order valence-corrected chi connectivity index (χ0v) is 9.30. The monoisotopic (exact) mass is 182 g/mol. The number of nitrogens with zero attached hydrogens (tertiary/aromatic N) is 1. The van der Waals surface area contributed by atoms with Gasteiger partial charge in [-0.15, -0.1) is 0 Å². The van der Waals surface area contributed by atoms with Crippen LogP contribution in [0.25, 0.3) is 0 Å². The number of hydrogen-bond acceptors (Lipinski definition) is 2. The highest BCUT2D eigenvalue weighted by atomic mass is 15.4. The SMILES string of the molecule is CN(N)[C@@H]1C(C)(C)[C@H]2CC[C@@]1(C)C2. The van der Waals surface area contributed by atoms with Crippen molar-refractivity contribution in [3.8, 4) is 0 Å². The first-order chi connectivity index (χ1) is 5.88. The molecule has 0 heterocycles. The van der Waals surface area contributed by atoms with Gasteiger partial charge in [0.25, 0.3) is 0 Å². The summed E-state index contributed by atoms with van der Waals surface area (Å²) in [7, 11) is 2.03. The molecule has 2 aliphatic rings. The minimum Gasteiger partial charge on any atom is -0.269 e. The van der Waals surface area contributed by atoms with Crippen molar-refractivity contribution in [3.63, 3.8) is 0 Å². The van der Waals surface area contributed by atoms with Crippen LogP contribution in [-0.2, 0) is 0 Å². The fourth-order valence-corrected chi connectivity index (χ4v) is 4.29. The molecule has 0 aromatic heterocycles. The molecule has 13 heavy (non-hydrogen) atoms. The maximum atomic E-state index is 5.98. The Morgan fingerprint density at radius 2 is 1.92 bits per heavy atom. The lowest BCUT2D eigenvalue weighted by Crippen LogP contribution is -2.53. The van der Waals surface area contributed by atoms with Gasteiger partial charge in [0.15, 0.2) is 0 Å². The van der Waals surface area contributed by atoms with Gasteiger partial charge in [-0.1, -0.05) is 20.8 Å². The van der Waals surface area contributed by atoms with Crippen LogP contribution in [0.3, 0.4) is 0 Å². The molecule has 0 aromatic carbocycles. The molecule has 2 bridgehead atoms. The standard InChI is InChI=1S/C11H22N2/c1-10(2)8-5-6-11(3,7-8)9(10)13(4)12/h8-9H,5-7,12H2,1-4H3/t8-,9+,11-/m0/s1. The van der Waals surface area contributed by atoms with Gasteiger partial charge in [0, 0.05) is 13.1 Å². The smallest absolute Gasteiger partial charge is 0.0345 e. The highest BCUT2D eigenvalue weighted by Crippen LogP contribution is 2.63. The van der Waals surface area contributed by atoms with Crippen LogP contribution in [0, 0.1) is 16.7 Å². The molecular weight excluding hydrogens is 160 g/mol. The van der Waals surface area contributed by atoms with E-state index in [1.54, 1.807) is 0 Å². The van der Waals surface area contributed by atoms with E-state index in [0.29, 0.717) is 16.9 Å². The molecular formula is C11H22N2. The number of hydrogen-bond donors (Lipinski definition) is 1. The molecule has 2 heteroatoms. The second-order valence-electron chi connectivity index (χ2n) is 5.98. The maximum absolute atomic E-state index is 5.98. The molecule has 0 unspecified atom stereocenters. The maximum Gasteiger partial charge on any atom is 0.0345 e. The van der Waals surface area contributed by atoms with Gasteiger partial charge in [-0.3, -0.25) is 5.84 Å². The van der Waals surface area contributed by atoms with Crippen LogP contribution in [0.2, 0.25) is 0 Å². The Kier molecular flexibility index (Phi) is 1.81. The zero-order valence-electron chi connectivity index (χ0n) is 9.30. The van der Waals surface area contributed by atoms with Crippen LogP contribution in [0.1, 0.15) is 40.0 Å². The molecule has 0 aromatic rings. The topological polar surface area (TPSA) is 29.3 Å². The van der Waals surface area contributed by atoms with Crippen molar-refractivity contribution < 1.29 is 0 Å². The number of fused-ring (bicyclic) bond motifs is 2. The van der Waals surface area contributed by atoms with Crippen molar-refractivity contribution in [1.29, 1.82) is 0 Å². The van der Waals surface area contributed by atoms with Crippen LogP contribution in [-0.4, -0.2) is 18.1 Å². The molecule has 2 aliphatic carbocycles. The Bertz CT molecular complexity index is 217. The summed E-state index contributed by atoms with van der Waals surface area (Å²) in [5, 5.41) is 1.96. The quantitative estimate of drug-likeness (QED) is 0.496. The highest BCUT2D eigenvalue weighted by molar-refractivity contribution is 5.11. The van der Waals surface area contributed by atoms with E-state index < -0.39 is 0 Å². The first-order valence-corrected chi connectivity index (χ1v) is 5.35. The minimum atomic E-state index is 0.413. The molecule has 0 aliphatic heterocycles. The van der Waals surface area contributed by atoms with Crippen molar-refractivity contribution in [1.82, 2.24) is 5.01 Å². The van der Waals surface area contributed by atoms with E-state index in [9.17, 15) is 0 Å². The Labute approximate surface area is 81.4 Å². The average molecular weight is 182 g/mol. The fourth-order valence-electron chi connectivity index (χ4n) is 4.29. The third kappa shape index (κ3) is 1.08. The molecule has 2 nitrogen and oxygen atoms in total. The Morgan fingerprint density at radius 3 is 2.23 bits per heavy atom. The number of hydrazine groups is 1. The van der Waals surface area contributed by atoms with E-state index >= 15 is 0 Å². The van der Waals surface area contributed by atoms with Gasteiger partial charge in [0.1, 0.15) is 0 Å². The summed E-state index contributed by atoms with van der Waals surface area (Å²) >= 11 is 0. The molecule has 76 valence electrons. The van der Waals surface area contributed by atoms with Crippen molar-refractivity contribution in [2.24, 2.45) is 22.6 Å². The summed E-state index contributed by atoms with van der Waals surface area (Å²) in [4.78, 5) is 0. The van der Waals surface area contributed by atoms with Crippen molar-refractivity contribution >= 4 is 0 Å². The molecule has 2 rings (SSSR count). The Balaban J connectivity index is 2.34. The summed E-state index contributed by atoms with van der Waals surface area (Å²) in [6.45, 7) is 7.18. The highest BCUT2D eigenvalue weighted by Gasteiger charge is 2.60. The van der Waals surface area contributed by atoms with Gasteiger partial charge < -0.3 is 0 Å².